The van der Waals surface area contributed by atoms with Crippen LogP contribution in [0.3, 0.4) is 0 Å². The Hall–Kier alpha value is -2.22. The van der Waals surface area contributed by atoms with E-state index >= 15 is 0 Å². The third kappa shape index (κ3) is 3.16. The van der Waals surface area contributed by atoms with Gasteiger partial charge in [0.05, 0.1) is 17.6 Å². The smallest absolute Gasteiger partial charge is 0.336 e. The quantitative estimate of drug-likeness (QED) is 0.379. The number of alkyl halides is 1. The lowest BCUT2D eigenvalue weighted by molar-refractivity contribution is -0.384. The molecular weight excluding hydrogens is 356 g/mol. The van der Waals surface area contributed by atoms with Crippen LogP contribution < -0.4 is 5.32 Å². The maximum atomic E-state index is 12.1. The Morgan fingerprint density at radius 2 is 2.27 bits per heavy atom. The number of methoxy groups -OCH3 is 1. The maximum Gasteiger partial charge on any atom is 0.336 e. The molecule has 1 aliphatic rings. The number of hydrogen-bond acceptors (Lipinski definition) is 5. The van der Waals surface area contributed by atoms with Crippen LogP contribution in [-0.2, 0) is 14.3 Å². The van der Waals surface area contributed by atoms with Crippen molar-refractivity contribution in [3.8, 4) is 0 Å². The number of nitro benzene ring substituents is 1. The highest BCUT2D eigenvalue weighted by molar-refractivity contribution is 9.09. The van der Waals surface area contributed by atoms with Gasteiger partial charge in [0.25, 0.3) is 5.69 Å². The van der Waals surface area contributed by atoms with E-state index in [-0.39, 0.29) is 23.3 Å². The number of allylic oxidation sites excluding steroid dienone is 1. The van der Waals surface area contributed by atoms with E-state index in [0.717, 1.165) is 0 Å². The van der Waals surface area contributed by atoms with Crippen LogP contribution in [0.25, 0.3) is 0 Å². The first-order chi connectivity index (χ1) is 10.5. The lowest BCUT2D eigenvalue weighted by Crippen LogP contribution is -2.35. The molecule has 0 saturated heterocycles. The van der Waals surface area contributed by atoms with Crippen LogP contribution in [0.4, 0.5) is 5.69 Å². The van der Waals surface area contributed by atoms with E-state index in [9.17, 15) is 19.7 Å². The molecule has 0 aromatic heterocycles. The Kier molecular flexibility index (Phi) is 4.92. The molecule has 0 radical (unpaired) electrons. The number of benzene rings is 1. The molecular formula is C14H13BrN2O5. The second-order valence-corrected chi connectivity index (χ2v) is 5.24. The van der Waals surface area contributed by atoms with E-state index in [4.69, 9.17) is 4.74 Å². The number of hydrogen-bond donors (Lipinski definition) is 1. The highest BCUT2D eigenvalue weighted by Gasteiger charge is 2.34. The molecule has 116 valence electrons. The number of carbonyl (C=O) groups excluding carboxylic acids is 2. The molecule has 0 fully saturated rings. The highest BCUT2D eigenvalue weighted by Crippen LogP contribution is 2.35. The van der Waals surface area contributed by atoms with Gasteiger partial charge in [-0.05, 0) is 5.56 Å². The summed E-state index contributed by atoms with van der Waals surface area (Å²) >= 11 is 3.23. The van der Waals surface area contributed by atoms with Gasteiger partial charge in [0, 0.05) is 35.5 Å². The molecule has 0 saturated carbocycles. The molecule has 0 aliphatic carbocycles. The SMILES string of the molecule is COC(=O)C1=C(CBr)NC(=O)CC1c1cccc([N+](=O)[O-])c1. The third-order valence-corrected chi connectivity index (χ3v) is 3.94. The highest BCUT2D eigenvalue weighted by atomic mass is 79.9. The van der Waals surface area contributed by atoms with Crippen LogP contribution in [-0.4, -0.2) is 29.2 Å². The second kappa shape index (κ2) is 6.69. The first-order valence-corrected chi connectivity index (χ1v) is 7.51. The number of rotatable bonds is 4. The van der Waals surface area contributed by atoms with Gasteiger partial charge >= 0.3 is 5.97 Å². The Bertz CT molecular complexity index is 671. The van der Waals surface area contributed by atoms with Crippen molar-refractivity contribution in [2.24, 2.45) is 0 Å². The van der Waals surface area contributed by atoms with Gasteiger partial charge in [-0.3, -0.25) is 14.9 Å². The summed E-state index contributed by atoms with van der Waals surface area (Å²) in [5.74, 6) is -1.39. The number of ether oxygens (including phenoxy) is 1. The second-order valence-electron chi connectivity index (χ2n) is 4.67. The fourth-order valence-corrected chi connectivity index (χ4v) is 2.85. The molecule has 1 aromatic carbocycles. The average Bonchev–Trinajstić information content (AvgIpc) is 2.53. The first-order valence-electron chi connectivity index (χ1n) is 6.39. The minimum atomic E-state index is -0.575. The van der Waals surface area contributed by atoms with Crippen molar-refractivity contribution in [1.29, 1.82) is 0 Å². The summed E-state index contributed by atoms with van der Waals surface area (Å²) in [5.41, 5.74) is 1.16. The van der Waals surface area contributed by atoms with Gasteiger partial charge in [-0.25, -0.2) is 4.79 Å². The van der Waals surface area contributed by atoms with Crippen molar-refractivity contribution in [1.82, 2.24) is 5.32 Å². The Labute approximate surface area is 134 Å². The van der Waals surface area contributed by atoms with Crippen LogP contribution in [0, 0.1) is 10.1 Å². The maximum absolute atomic E-state index is 12.1. The van der Waals surface area contributed by atoms with Crippen LogP contribution in [0.1, 0.15) is 17.9 Å². The third-order valence-electron chi connectivity index (χ3n) is 3.38. The summed E-state index contributed by atoms with van der Waals surface area (Å²) in [5, 5.41) is 13.8. The summed E-state index contributed by atoms with van der Waals surface area (Å²) < 4.78 is 4.78. The summed E-state index contributed by atoms with van der Waals surface area (Å²) in [4.78, 5) is 34.3. The van der Waals surface area contributed by atoms with Gasteiger partial charge in [0.1, 0.15) is 0 Å². The minimum absolute atomic E-state index is 0.0299. The van der Waals surface area contributed by atoms with Crippen molar-refractivity contribution in [2.75, 3.05) is 12.4 Å². The molecule has 1 aromatic rings. The molecule has 1 aliphatic heterocycles. The van der Waals surface area contributed by atoms with E-state index in [1.807, 2.05) is 0 Å². The molecule has 0 spiro atoms. The summed E-state index contributed by atoms with van der Waals surface area (Å²) in [7, 11) is 1.25. The number of non-ortho nitro benzene ring substituents is 1. The van der Waals surface area contributed by atoms with E-state index < -0.39 is 16.8 Å². The zero-order valence-corrected chi connectivity index (χ0v) is 13.3. The van der Waals surface area contributed by atoms with Crippen LogP contribution in [0.5, 0.6) is 0 Å². The predicted octanol–water partition coefficient (Wildman–Crippen LogP) is 2.02. The van der Waals surface area contributed by atoms with Crippen molar-refractivity contribution in [3.63, 3.8) is 0 Å². The monoisotopic (exact) mass is 368 g/mol. The minimum Gasteiger partial charge on any atom is -0.466 e. The van der Waals surface area contributed by atoms with Gasteiger partial charge in [0.2, 0.25) is 5.91 Å². The lowest BCUT2D eigenvalue weighted by Gasteiger charge is -2.26. The van der Waals surface area contributed by atoms with Gasteiger partial charge in [0.15, 0.2) is 0 Å². The number of nitro groups is 1. The fraction of sp³-hybridized carbons (Fsp3) is 0.286. The summed E-state index contributed by atoms with van der Waals surface area (Å²) in [6.45, 7) is 0. The Morgan fingerprint density at radius 3 is 2.86 bits per heavy atom. The standard InChI is InChI=1S/C14H13BrN2O5/c1-22-14(19)13-10(6-12(18)16-11(13)7-15)8-3-2-4-9(5-8)17(20)21/h2-5,10H,6-7H2,1H3,(H,16,18). The van der Waals surface area contributed by atoms with Gasteiger partial charge in [-0.2, -0.15) is 0 Å². The molecule has 1 N–H and O–H groups in total. The van der Waals surface area contributed by atoms with Crippen molar-refractivity contribution in [3.05, 3.63) is 51.2 Å². The molecule has 8 heteroatoms. The average molecular weight is 369 g/mol. The largest absolute Gasteiger partial charge is 0.466 e. The van der Waals surface area contributed by atoms with Crippen molar-refractivity contribution >= 4 is 33.5 Å². The lowest BCUT2D eigenvalue weighted by atomic mass is 9.84. The van der Waals surface area contributed by atoms with E-state index in [0.29, 0.717) is 16.8 Å². The van der Waals surface area contributed by atoms with E-state index in [1.54, 1.807) is 6.07 Å². The van der Waals surface area contributed by atoms with Crippen molar-refractivity contribution in [2.45, 2.75) is 12.3 Å². The number of amides is 1. The molecule has 1 amide bonds. The zero-order valence-electron chi connectivity index (χ0n) is 11.7. The molecule has 22 heavy (non-hydrogen) atoms. The summed E-state index contributed by atoms with van der Waals surface area (Å²) in [6.07, 6.45) is 0.0299. The van der Waals surface area contributed by atoms with Crippen LogP contribution >= 0.6 is 15.9 Å². The number of carbonyl (C=O) groups is 2. The number of nitrogens with zero attached hydrogens (tertiary/aromatic N) is 1. The molecule has 1 heterocycles. The van der Waals surface area contributed by atoms with Crippen LogP contribution in [0.2, 0.25) is 0 Å². The number of nitrogens with one attached hydrogen (secondary N) is 1. The van der Waals surface area contributed by atoms with Crippen LogP contribution in [0.15, 0.2) is 35.5 Å². The normalized spacial score (nSPS) is 17.9. The predicted molar refractivity (Wildman–Crippen MR) is 81.4 cm³/mol. The van der Waals surface area contributed by atoms with Gasteiger partial charge < -0.3 is 10.1 Å². The Morgan fingerprint density at radius 1 is 1.55 bits per heavy atom. The Balaban J connectivity index is 2.54. The van der Waals surface area contributed by atoms with Gasteiger partial charge in [-0.15, -0.1) is 0 Å². The molecule has 1 unspecified atom stereocenters. The molecule has 0 bridgehead atoms. The molecule has 2 rings (SSSR count). The van der Waals surface area contributed by atoms with E-state index in [2.05, 4.69) is 21.2 Å². The topological polar surface area (TPSA) is 98.5 Å². The van der Waals surface area contributed by atoms with Gasteiger partial charge in [-0.1, -0.05) is 28.1 Å². The number of halogens is 1. The molecule has 1 atom stereocenters. The number of esters is 1. The van der Waals surface area contributed by atoms with E-state index in [1.165, 1.54) is 25.3 Å². The molecule has 7 nitrogen and oxygen atoms in total. The van der Waals surface area contributed by atoms with Crippen molar-refractivity contribution < 1.29 is 19.2 Å². The zero-order chi connectivity index (χ0) is 16.3. The fourth-order valence-electron chi connectivity index (χ4n) is 2.40. The summed E-state index contributed by atoms with van der Waals surface area (Å²) in [6, 6.07) is 5.92. The first kappa shape index (κ1) is 16.2.